The highest BCUT2D eigenvalue weighted by Gasteiger charge is 2.32. The Labute approximate surface area is 193 Å². The largest absolute Gasteiger partial charge is 0.367 e. The van der Waals surface area contributed by atoms with Crippen molar-refractivity contribution in [3.8, 4) is 10.4 Å². The van der Waals surface area contributed by atoms with Gasteiger partial charge in [0.1, 0.15) is 5.82 Å². The highest BCUT2D eigenvalue weighted by Crippen LogP contribution is 2.42. The summed E-state index contributed by atoms with van der Waals surface area (Å²) in [7, 11) is 4.23. The van der Waals surface area contributed by atoms with Crippen molar-refractivity contribution in [3.05, 3.63) is 94.8 Å². The number of ether oxygens (including phenoxy) is 1. The second-order valence-corrected chi connectivity index (χ2v) is 9.95. The minimum atomic E-state index is -0.185. The van der Waals surface area contributed by atoms with E-state index in [2.05, 4.69) is 68.4 Å². The van der Waals surface area contributed by atoms with Crippen molar-refractivity contribution in [2.45, 2.75) is 38.5 Å². The predicted octanol–water partition coefficient (Wildman–Crippen LogP) is 7.15. The molecule has 4 heteroatoms. The number of halogens is 1. The standard InChI is InChI=1S/C28H28FNOS/c1-18-23-6-4-5-7-26(23)32-28(18)20-11-14-24-21(16-20)17-31-27(24)25(30(2)3)15-10-19-8-12-22(29)13-9-19/h4-9,11-14,16,25,27H,10,15,17H2,1-3H3. The number of hydrogen-bond donors (Lipinski definition) is 0. The summed E-state index contributed by atoms with van der Waals surface area (Å²) in [6.07, 6.45) is 1.91. The lowest BCUT2D eigenvalue weighted by Gasteiger charge is -2.30. The van der Waals surface area contributed by atoms with Crippen LogP contribution in [0.15, 0.2) is 66.7 Å². The van der Waals surface area contributed by atoms with Gasteiger partial charge in [-0.2, -0.15) is 0 Å². The second kappa shape index (κ2) is 8.78. The molecule has 2 unspecified atom stereocenters. The van der Waals surface area contributed by atoms with E-state index in [1.807, 2.05) is 23.5 Å². The van der Waals surface area contributed by atoms with Crippen LogP contribution < -0.4 is 0 Å². The number of hydrogen-bond acceptors (Lipinski definition) is 3. The zero-order valence-corrected chi connectivity index (χ0v) is 19.6. The summed E-state index contributed by atoms with van der Waals surface area (Å²) in [6.45, 7) is 2.87. The number of thiophene rings is 1. The van der Waals surface area contributed by atoms with Gasteiger partial charge in [-0.1, -0.05) is 42.5 Å². The molecule has 1 aromatic heterocycles. The summed E-state index contributed by atoms with van der Waals surface area (Å²) in [4.78, 5) is 3.60. The SMILES string of the molecule is Cc1c(-c2ccc3c(c2)COC3C(CCc2ccc(F)cc2)N(C)C)sc2ccccc12. The number of nitrogens with zero attached hydrogens (tertiary/aromatic N) is 1. The minimum Gasteiger partial charge on any atom is -0.367 e. The third-order valence-electron chi connectivity index (χ3n) is 6.63. The van der Waals surface area contributed by atoms with Gasteiger partial charge in [0, 0.05) is 15.6 Å². The number of benzene rings is 3. The van der Waals surface area contributed by atoms with Gasteiger partial charge in [-0.3, -0.25) is 0 Å². The second-order valence-electron chi connectivity index (χ2n) is 8.89. The highest BCUT2D eigenvalue weighted by molar-refractivity contribution is 7.22. The fourth-order valence-corrected chi connectivity index (χ4v) is 6.04. The van der Waals surface area contributed by atoms with E-state index in [9.17, 15) is 4.39 Å². The minimum absolute atomic E-state index is 0.0537. The van der Waals surface area contributed by atoms with E-state index in [4.69, 9.17) is 4.74 Å². The van der Waals surface area contributed by atoms with Gasteiger partial charge in [0.15, 0.2) is 0 Å². The van der Waals surface area contributed by atoms with Gasteiger partial charge >= 0.3 is 0 Å². The molecule has 32 heavy (non-hydrogen) atoms. The first-order valence-corrected chi connectivity index (χ1v) is 12.0. The van der Waals surface area contributed by atoms with Crippen LogP contribution in [-0.2, 0) is 17.8 Å². The summed E-state index contributed by atoms with van der Waals surface area (Å²) < 4.78 is 20.9. The molecule has 0 saturated carbocycles. The van der Waals surface area contributed by atoms with Gasteiger partial charge in [-0.05, 0) is 91.3 Å². The summed E-state index contributed by atoms with van der Waals surface area (Å²) in [5.41, 5.74) is 6.38. The third-order valence-corrected chi connectivity index (χ3v) is 7.95. The molecule has 2 nitrogen and oxygen atoms in total. The first-order chi connectivity index (χ1) is 15.5. The van der Waals surface area contributed by atoms with Crippen LogP contribution in [0.4, 0.5) is 4.39 Å². The molecule has 2 heterocycles. The first-order valence-electron chi connectivity index (χ1n) is 11.1. The van der Waals surface area contributed by atoms with Crippen LogP contribution in [0.1, 0.15) is 34.8 Å². The van der Waals surface area contributed by atoms with Gasteiger partial charge in [-0.15, -0.1) is 11.3 Å². The summed E-state index contributed by atoms with van der Waals surface area (Å²) in [5.74, 6) is -0.185. The van der Waals surface area contributed by atoms with Gasteiger partial charge in [-0.25, -0.2) is 4.39 Å². The van der Waals surface area contributed by atoms with E-state index in [-0.39, 0.29) is 18.0 Å². The topological polar surface area (TPSA) is 12.5 Å². The number of likely N-dealkylation sites (N-methyl/N-ethyl adjacent to an activating group) is 1. The molecule has 5 rings (SSSR count). The Kier molecular flexibility index (Phi) is 5.85. The lowest BCUT2D eigenvalue weighted by Crippen LogP contribution is -2.34. The van der Waals surface area contributed by atoms with Crippen LogP contribution in [0.25, 0.3) is 20.5 Å². The Morgan fingerprint density at radius 1 is 1.06 bits per heavy atom. The van der Waals surface area contributed by atoms with E-state index in [1.165, 1.54) is 37.2 Å². The monoisotopic (exact) mass is 445 g/mol. The quantitative estimate of drug-likeness (QED) is 0.312. The van der Waals surface area contributed by atoms with Crippen molar-refractivity contribution in [2.75, 3.05) is 14.1 Å². The average Bonchev–Trinajstić information content (AvgIpc) is 3.36. The molecule has 0 N–H and O–H groups in total. The summed E-state index contributed by atoms with van der Waals surface area (Å²) in [6, 6.07) is 22.6. The Bertz CT molecular complexity index is 1240. The number of rotatable bonds is 6. The number of fused-ring (bicyclic) bond motifs is 2. The predicted molar refractivity (Wildman–Crippen MR) is 132 cm³/mol. The van der Waals surface area contributed by atoms with Gasteiger partial charge in [0.05, 0.1) is 12.7 Å². The van der Waals surface area contributed by atoms with Crippen LogP contribution in [0, 0.1) is 12.7 Å². The van der Waals surface area contributed by atoms with Crippen LogP contribution in [0.2, 0.25) is 0 Å². The maximum Gasteiger partial charge on any atom is 0.123 e. The van der Waals surface area contributed by atoms with Crippen molar-refractivity contribution in [1.82, 2.24) is 4.90 Å². The molecule has 4 aromatic rings. The van der Waals surface area contributed by atoms with E-state index in [0.29, 0.717) is 6.61 Å². The molecular formula is C28H28FNOS. The highest BCUT2D eigenvalue weighted by atomic mass is 32.1. The first kappa shape index (κ1) is 21.3. The van der Waals surface area contributed by atoms with Crippen LogP contribution >= 0.6 is 11.3 Å². The van der Waals surface area contributed by atoms with Crippen molar-refractivity contribution < 1.29 is 9.13 Å². The summed E-state index contributed by atoms with van der Waals surface area (Å²) >= 11 is 1.87. The molecule has 1 aliphatic heterocycles. The Morgan fingerprint density at radius 3 is 2.59 bits per heavy atom. The lowest BCUT2D eigenvalue weighted by atomic mass is 9.93. The molecule has 0 amide bonds. The molecule has 0 fully saturated rings. The zero-order valence-electron chi connectivity index (χ0n) is 18.8. The average molecular weight is 446 g/mol. The lowest BCUT2D eigenvalue weighted by molar-refractivity contribution is 0.00519. The van der Waals surface area contributed by atoms with Gasteiger partial charge in [0.25, 0.3) is 0 Å². The van der Waals surface area contributed by atoms with Crippen molar-refractivity contribution >= 4 is 21.4 Å². The van der Waals surface area contributed by atoms with E-state index in [0.717, 1.165) is 18.4 Å². The molecule has 1 aliphatic rings. The van der Waals surface area contributed by atoms with E-state index in [1.54, 1.807) is 12.1 Å². The Morgan fingerprint density at radius 2 is 1.84 bits per heavy atom. The Hall–Kier alpha value is -2.53. The molecule has 2 atom stereocenters. The third kappa shape index (κ3) is 3.99. The smallest absolute Gasteiger partial charge is 0.123 e. The molecule has 0 saturated heterocycles. The Balaban J connectivity index is 1.40. The maximum absolute atomic E-state index is 13.2. The molecule has 3 aromatic carbocycles. The van der Waals surface area contributed by atoms with E-state index >= 15 is 0 Å². The fraction of sp³-hybridized carbons (Fsp3) is 0.286. The molecule has 164 valence electrons. The van der Waals surface area contributed by atoms with Crippen molar-refractivity contribution in [3.63, 3.8) is 0 Å². The van der Waals surface area contributed by atoms with E-state index < -0.39 is 0 Å². The normalized spacial score (nSPS) is 16.6. The van der Waals surface area contributed by atoms with Gasteiger partial charge in [0.2, 0.25) is 0 Å². The van der Waals surface area contributed by atoms with Crippen LogP contribution in [-0.4, -0.2) is 25.0 Å². The molecule has 0 radical (unpaired) electrons. The summed E-state index contributed by atoms with van der Waals surface area (Å²) in [5, 5.41) is 1.34. The molecule has 0 bridgehead atoms. The molecule has 0 spiro atoms. The van der Waals surface area contributed by atoms with Gasteiger partial charge < -0.3 is 9.64 Å². The zero-order chi connectivity index (χ0) is 22.2. The van der Waals surface area contributed by atoms with Crippen molar-refractivity contribution in [2.24, 2.45) is 0 Å². The molecular weight excluding hydrogens is 417 g/mol. The molecule has 0 aliphatic carbocycles. The van der Waals surface area contributed by atoms with Crippen LogP contribution in [0.3, 0.4) is 0 Å². The fourth-order valence-electron chi connectivity index (χ4n) is 4.83. The van der Waals surface area contributed by atoms with Crippen LogP contribution in [0.5, 0.6) is 0 Å². The maximum atomic E-state index is 13.2. The van der Waals surface area contributed by atoms with Crippen molar-refractivity contribution in [1.29, 1.82) is 0 Å². The number of aryl methyl sites for hydroxylation is 2.